The first-order chi connectivity index (χ1) is 14.7. The minimum Gasteiger partial charge on any atom is -0.372 e. The Bertz CT molecular complexity index is 1170. The molecule has 2 aliphatic rings. The molecular weight excluding hydrogens is 394 g/mol. The lowest BCUT2D eigenvalue weighted by molar-refractivity contribution is -0.120. The highest BCUT2D eigenvalue weighted by Crippen LogP contribution is 2.47. The van der Waals surface area contributed by atoms with E-state index in [0.717, 1.165) is 22.6 Å². The molecule has 1 atom stereocenters. The van der Waals surface area contributed by atoms with Crippen LogP contribution in [0.4, 0.5) is 11.4 Å². The van der Waals surface area contributed by atoms with Crippen LogP contribution in [-0.4, -0.2) is 16.8 Å². The van der Waals surface area contributed by atoms with Crippen LogP contribution in [0, 0.1) is 0 Å². The molecule has 3 heterocycles. The third-order valence-electron chi connectivity index (χ3n) is 5.35. The predicted molar refractivity (Wildman–Crippen MR) is 118 cm³/mol. The monoisotopic (exact) mass is 413 g/mol. The van der Waals surface area contributed by atoms with Gasteiger partial charge in [0.1, 0.15) is 6.04 Å². The Labute approximate surface area is 178 Å². The maximum atomic E-state index is 13.6. The fourth-order valence-corrected chi connectivity index (χ4v) is 4.87. The van der Waals surface area contributed by atoms with Crippen LogP contribution >= 0.6 is 11.8 Å². The molecule has 2 amide bonds. The highest BCUT2D eigenvalue weighted by Gasteiger charge is 2.45. The van der Waals surface area contributed by atoms with E-state index in [4.69, 9.17) is 0 Å². The maximum absolute atomic E-state index is 13.6. The molecule has 2 aliphatic heterocycles. The van der Waals surface area contributed by atoms with Crippen LogP contribution in [0.3, 0.4) is 0 Å². The number of hydrogen-bond donors (Lipinski definition) is 1. The average Bonchev–Trinajstić information content (AvgIpc) is 2.93. The molecule has 0 spiro atoms. The summed E-state index contributed by atoms with van der Waals surface area (Å²) < 4.78 is 0. The highest BCUT2D eigenvalue weighted by atomic mass is 32.2. The number of rotatable bonds is 3. The van der Waals surface area contributed by atoms with Crippen molar-refractivity contribution in [2.45, 2.75) is 24.3 Å². The lowest BCUT2D eigenvalue weighted by atomic mass is 10.0. The van der Waals surface area contributed by atoms with Gasteiger partial charge in [-0.1, -0.05) is 49.0 Å². The minimum atomic E-state index is -0.506. The Morgan fingerprint density at radius 3 is 2.47 bits per heavy atom. The lowest BCUT2D eigenvalue weighted by Crippen LogP contribution is -2.33. The summed E-state index contributed by atoms with van der Waals surface area (Å²) in [5.41, 5.74) is 3.77. The molecule has 0 bridgehead atoms. The van der Waals surface area contributed by atoms with Gasteiger partial charge >= 0.3 is 0 Å². The van der Waals surface area contributed by atoms with Gasteiger partial charge < -0.3 is 5.32 Å². The summed E-state index contributed by atoms with van der Waals surface area (Å²) in [6.45, 7) is 2.07. The third-order valence-corrected chi connectivity index (χ3v) is 6.52. The van der Waals surface area contributed by atoms with Crippen molar-refractivity contribution in [2.75, 3.05) is 10.2 Å². The normalized spacial score (nSPS) is 18.0. The summed E-state index contributed by atoms with van der Waals surface area (Å²) in [6, 6.07) is 20.4. The molecule has 0 aliphatic carbocycles. The summed E-state index contributed by atoms with van der Waals surface area (Å²) in [5.74, 6) is -0.591. The first-order valence-corrected chi connectivity index (χ1v) is 10.6. The van der Waals surface area contributed by atoms with E-state index in [1.807, 2.05) is 66.7 Å². The Balaban J connectivity index is 1.63. The molecule has 2 aromatic carbocycles. The second kappa shape index (κ2) is 7.46. The minimum absolute atomic E-state index is 0.288. The number of hydrogen-bond acceptors (Lipinski definition) is 5. The van der Waals surface area contributed by atoms with Gasteiger partial charge in [-0.3, -0.25) is 14.6 Å². The Hall–Kier alpha value is -3.38. The quantitative estimate of drug-likeness (QED) is 0.629. The zero-order valence-corrected chi connectivity index (χ0v) is 17.1. The summed E-state index contributed by atoms with van der Waals surface area (Å²) in [7, 11) is 0. The molecule has 0 fully saturated rings. The number of nitrogens with one attached hydrogen (secondary N) is 1. The van der Waals surface area contributed by atoms with Gasteiger partial charge in [-0.25, -0.2) is 4.90 Å². The zero-order valence-electron chi connectivity index (χ0n) is 16.3. The number of aryl methyl sites for hydroxylation is 1. The van der Waals surface area contributed by atoms with Gasteiger partial charge in [0.05, 0.1) is 21.9 Å². The van der Waals surface area contributed by atoms with Crippen molar-refractivity contribution in [3.8, 4) is 0 Å². The van der Waals surface area contributed by atoms with E-state index in [-0.39, 0.29) is 11.8 Å². The van der Waals surface area contributed by atoms with Gasteiger partial charge in [0.15, 0.2) is 0 Å². The van der Waals surface area contributed by atoms with Gasteiger partial charge in [0.2, 0.25) is 0 Å². The molecule has 0 radical (unpaired) electrons. The summed E-state index contributed by atoms with van der Waals surface area (Å²) >= 11 is 1.34. The van der Waals surface area contributed by atoms with Gasteiger partial charge in [-0.2, -0.15) is 0 Å². The molecule has 5 nitrogen and oxygen atoms in total. The molecule has 148 valence electrons. The highest BCUT2D eigenvalue weighted by molar-refractivity contribution is 8.04. The van der Waals surface area contributed by atoms with Crippen LogP contribution in [0.5, 0.6) is 0 Å². The lowest BCUT2D eigenvalue weighted by Gasteiger charge is -2.22. The third kappa shape index (κ3) is 3.00. The van der Waals surface area contributed by atoms with E-state index in [1.165, 1.54) is 16.7 Å². The summed E-state index contributed by atoms with van der Waals surface area (Å²) in [4.78, 5) is 34.1. The number of para-hydroxylation sites is 1. The predicted octanol–water partition coefficient (Wildman–Crippen LogP) is 4.73. The first-order valence-electron chi connectivity index (χ1n) is 9.83. The molecule has 5 rings (SSSR count). The number of anilines is 2. The van der Waals surface area contributed by atoms with Crippen LogP contribution in [0.2, 0.25) is 0 Å². The van der Waals surface area contributed by atoms with E-state index in [9.17, 15) is 9.59 Å². The van der Waals surface area contributed by atoms with Crippen molar-refractivity contribution in [1.29, 1.82) is 0 Å². The van der Waals surface area contributed by atoms with Gasteiger partial charge in [0.25, 0.3) is 11.8 Å². The van der Waals surface area contributed by atoms with Crippen molar-refractivity contribution in [3.63, 3.8) is 0 Å². The van der Waals surface area contributed by atoms with Crippen molar-refractivity contribution < 1.29 is 9.59 Å². The van der Waals surface area contributed by atoms with E-state index >= 15 is 0 Å². The van der Waals surface area contributed by atoms with Crippen LogP contribution in [0.1, 0.15) is 24.2 Å². The number of imide groups is 1. The average molecular weight is 414 g/mol. The van der Waals surface area contributed by atoms with E-state index in [0.29, 0.717) is 21.9 Å². The van der Waals surface area contributed by atoms with Crippen LogP contribution in [0.15, 0.2) is 88.3 Å². The van der Waals surface area contributed by atoms with E-state index in [2.05, 4.69) is 17.2 Å². The topological polar surface area (TPSA) is 62.3 Å². The van der Waals surface area contributed by atoms with Crippen molar-refractivity contribution >= 4 is 35.0 Å². The molecule has 6 heteroatoms. The van der Waals surface area contributed by atoms with Crippen LogP contribution in [-0.2, 0) is 16.0 Å². The Kier molecular flexibility index (Phi) is 4.64. The van der Waals surface area contributed by atoms with Crippen LogP contribution in [0.25, 0.3) is 0 Å². The number of pyridine rings is 1. The first kappa shape index (κ1) is 18.6. The van der Waals surface area contributed by atoms with Crippen LogP contribution < -0.4 is 10.2 Å². The van der Waals surface area contributed by atoms with Crippen molar-refractivity contribution in [1.82, 2.24) is 4.98 Å². The molecule has 3 aromatic rings. The number of carbonyl (C=O) groups is 2. The molecule has 0 saturated carbocycles. The number of amides is 2. The number of fused-ring (bicyclic) bond motifs is 1. The number of nitrogens with zero attached hydrogens (tertiary/aromatic N) is 2. The summed E-state index contributed by atoms with van der Waals surface area (Å²) in [5, 5.41) is 3.45. The largest absolute Gasteiger partial charge is 0.372 e. The fraction of sp³-hybridized carbons (Fsp3) is 0.125. The fourth-order valence-electron chi connectivity index (χ4n) is 3.78. The number of carbonyl (C=O) groups excluding carboxylic acids is 2. The second-order valence-electron chi connectivity index (χ2n) is 7.14. The molecular formula is C24H19N3O2S. The zero-order chi connectivity index (χ0) is 20.7. The van der Waals surface area contributed by atoms with Crippen molar-refractivity contribution in [3.05, 3.63) is 94.7 Å². The summed E-state index contributed by atoms with van der Waals surface area (Å²) in [6.07, 6.45) is 2.60. The molecule has 0 unspecified atom stereocenters. The number of thioether (sulfide) groups is 1. The molecule has 0 saturated heterocycles. The smallest absolute Gasteiger partial charge is 0.272 e. The van der Waals surface area contributed by atoms with E-state index in [1.54, 1.807) is 6.20 Å². The van der Waals surface area contributed by atoms with Gasteiger partial charge in [0, 0.05) is 16.8 Å². The second-order valence-corrected chi connectivity index (χ2v) is 8.19. The number of aromatic nitrogens is 1. The number of benzene rings is 2. The van der Waals surface area contributed by atoms with E-state index < -0.39 is 6.04 Å². The standard InChI is InChI=1S/C24H19N3O2S/c1-2-15-10-12-16(13-11-15)27-23(28)20-21(18-8-5-6-14-25-18)26-17-7-3-4-9-19(17)30-22(20)24(27)29/h3-14,21,26H,2H2,1H3/t21-/m0/s1. The van der Waals surface area contributed by atoms with Gasteiger partial charge in [-0.05, 0) is 48.4 Å². The Morgan fingerprint density at radius 2 is 1.73 bits per heavy atom. The molecule has 1 N–H and O–H groups in total. The SMILES string of the molecule is CCc1ccc(N2C(=O)C3=C(C2=O)[C@H](c2ccccn2)Nc2ccccc2S3)cc1. The van der Waals surface area contributed by atoms with Gasteiger partial charge in [-0.15, -0.1) is 0 Å². The van der Waals surface area contributed by atoms with Crippen molar-refractivity contribution in [2.24, 2.45) is 0 Å². The molecule has 30 heavy (non-hydrogen) atoms. The Morgan fingerprint density at radius 1 is 0.967 bits per heavy atom. The molecule has 1 aromatic heterocycles. The maximum Gasteiger partial charge on any atom is 0.272 e.